The summed E-state index contributed by atoms with van der Waals surface area (Å²) < 4.78 is 0. The van der Waals surface area contributed by atoms with E-state index >= 15 is 0 Å². The molecule has 5 heteroatoms. The van der Waals surface area contributed by atoms with Gasteiger partial charge in [0.15, 0.2) is 0 Å². The summed E-state index contributed by atoms with van der Waals surface area (Å²) in [6, 6.07) is 0. The molecule has 0 saturated carbocycles. The maximum Gasteiger partial charge on any atom is 0.229 e. The van der Waals surface area contributed by atoms with Crippen LogP contribution in [0.25, 0.3) is 0 Å². The number of nitrogens with zero attached hydrogens (tertiary/aromatic N) is 2. The van der Waals surface area contributed by atoms with E-state index in [9.17, 15) is 4.79 Å². The second-order valence-corrected chi connectivity index (χ2v) is 5.66. The SMILES string of the molecule is CCC(CC)C(=O)Nc1nnc(CC(C)C)s1. The zero-order valence-electron chi connectivity index (χ0n) is 11.0. The monoisotopic (exact) mass is 255 g/mol. The Morgan fingerprint density at radius 3 is 2.47 bits per heavy atom. The third-order valence-corrected chi connectivity index (χ3v) is 3.50. The number of hydrogen-bond donors (Lipinski definition) is 1. The molecular weight excluding hydrogens is 234 g/mol. The smallest absolute Gasteiger partial charge is 0.229 e. The first-order chi connectivity index (χ1) is 8.06. The third-order valence-electron chi connectivity index (χ3n) is 2.64. The largest absolute Gasteiger partial charge is 0.300 e. The van der Waals surface area contributed by atoms with Crippen molar-refractivity contribution in [1.82, 2.24) is 10.2 Å². The fourth-order valence-electron chi connectivity index (χ4n) is 1.60. The van der Waals surface area contributed by atoms with Crippen molar-refractivity contribution in [2.45, 2.75) is 47.0 Å². The molecule has 1 amide bonds. The van der Waals surface area contributed by atoms with Crippen LogP contribution in [0.5, 0.6) is 0 Å². The highest BCUT2D eigenvalue weighted by molar-refractivity contribution is 7.15. The highest BCUT2D eigenvalue weighted by Gasteiger charge is 2.16. The van der Waals surface area contributed by atoms with Crippen LogP contribution in [0.3, 0.4) is 0 Å². The highest BCUT2D eigenvalue weighted by atomic mass is 32.1. The summed E-state index contributed by atoms with van der Waals surface area (Å²) in [6.07, 6.45) is 2.64. The molecule has 96 valence electrons. The van der Waals surface area contributed by atoms with E-state index in [1.54, 1.807) is 0 Å². The van der Waals surface area contributed by atoms with Crippen LogP contribution in [0, 0.1) is 11.8 Å². The first-order valence-electron chi connectivity index (χ1n) is 6.20. The zero-order valence-corrected chi connectivity index (χ0v) is 11.8. The summed E-state index contributed by atoms with van der Waals surface area (Å²) in [7, 11) is 0. The Bertz CT molecular complexity index is 358. The molecule has 0 spiro atoms. The van der Waals surface area contributed by atoms with Crippen molar-refractivity contribution >= 4 is 22.4 Å². The molecule has 0 aromatic carbocycles. The molecule has 0 fully saturated rings. The van der Waals surface area contributed by atoms with Gasteiger partial charge in [-0.15, -0.1) is 10.2 Å². The van der Waals surface area contributed by atoms with Crippen molar-refractivity contribution in [1.29, 1.82) is 0 Å². The quantitative estimate of drug-likeness (QED) is 0.849. The number of carbonyl (C=O) groups is 1. The second kappa shape index (κ2) is 6.69. The molecule has 1 heterocycles. The summed E-state index contributed by atoms with van der Waals surface area (Å²) in [4.78, 5) is 11.8. The minimum Gasteiger partial charge on any atom is -0.300 e. The standard InChI is InChI=1S/C12H21N3OS/c1-5-9(6-2)11(16)13-12-15-14-10(17-12)7-8(3)4/h8-9H,5-7H2,1-4H3,(H,13,15,16). The number of carbonyl (C=O) groups excluding carboxylic acids is 1. The number of aromatic nitrogens is 2. The first kappa shape index (κ1) is 14.1. The molecule has 0 aliphatic carbocycles. The van der Waals surface area contributed by atoms with Crippen molar-refractivity contribution in [2.75, 3.05) is 5.32 Å². The minimum absolute atomic E-state index is 0.0576. The van der Waals surface area contributed by atoms with Crippen molar-refractivity contribution in [3.8, 4) is 0 Å². The van der Waals surface area contributed by atoms with Gasteiger partial charge in [0.1, 0.15) is 5.01 Å². The van der Waals surface area contributed by atoms with Gasteiger partial charge in [0.05, 0.1) is 0 Å². The Kier molecular flexibility index (Phi) is 5.55. The van der Waals surface area contributed by atoms with Gasteiger partial charge in [0.25, 0.3) is 0 Å². The number of rotatable bonds is 6. The van der Waals surface area contributed by atoms with E-state index in [1.807, 2.05) is 13.8 Å². The van der Waals surface area contributed by atoms with E-state index in [4.69, 9.17) is 0 Å². The van der Waals surface area contributed by atoms with Gasteiger partial charge in [0, 0.05) is 12.3 Å². The van der Waals surface area contributed by atoms with Crippen LogP contribution < -0.4 is 5.32 Å². The molecule has 1 rings (SSSR count). The molecule has 0 bridgehead atoms. The van der Waals surface area contributed by atoms with Crippen molar-refractivity contribution in [3.05, 3.63) is 5.01 Å². The van der Waals surface area contributed by atoms with Crippen LogP contribution in [-0.4, -0.2) is 16.1 Å². The molecule has 0 atom stereocenters. The summed E-state index contributed by atoms with van der Waals surface area (Å²) in [5, 5.41) is 12.5. The zero-order chi connectivity index (χ0) is 12.8. The van der Waals surface area contributed by atoms with Crippen LogP contribution in [0.1, 0.15) is 45.5 Å². The fraction of sp³-hybridized carbons (Fsp3) is 0.750. The van der Waals surface area contributed by atoms with Crippen LogP contribution in [-0.2, 0) is 11.2 Å². The van der Waals surface area contributed by atoms with E-state index in [0.29, 0.717) is 11.0 Å². The first-order valence-corrected chi connectivity index (χ1v) is 7.01. The Hall–Kier alpha value is -0.970. The van der Waals surface area contributed by atoms with Gasteiger partial charge in [-0.2, -0.15) is 0 Å². The highest BCUT2D eigenvalue weighted by Crippen LogP contribution is 2.19. The van der Waals surface area contributed by atoms with Gasteiger partial charge in [-0.1, -0.05) is 39.0 Å². The number of amides is 1. The normalized spacial score (nSPS) is 11.2. The van der Waals surface area contributed by atoms with Gasteiger partial charge in [0.2, 0.25) is 11.0 Å². The number of anilines is 1. The van der Waals surface area contributed by atoms with E-state index in [2.05, 4.69) is 29.4 Å². The van der Waals surface area contributed by atoms with Gasteiger partial charge in [-0.25, -0.2) is 0 Å². The van der Waals surface area contributed by atoms with Gasteiger partial charge in [-0.05, 0) is 18.8 Å². The lowest BCUT2D eigenvalue weighted by atomic mass is 10.0. The molecule has 1 N–H and O–H groups in total. The molecule has 0 unspecified atom stereocenters. The number of nitrogens with one attached hydrogen (secondary N) is 1. The van der Waals surface area contributed by atoms with Crippen LogP contribution in [0.15, 0.2) is 0 Å². The second-order valence-electron chi connectivity index (χ2n) is 4.60. The maximum atomic E-state index is 11.8. The molecule has 0 aliphatic heterocycles. The Balaban J connectivity index is 2.57. The van der Waals surface area contributed by atoms with Crippen molar-refractivity contribution in [3.63, 3.8) is 0 Å². The average Bonchev–Trinajstić information content (AvgIpc) is 2.66. The summed E-state index contributed by atoms with van der Waals surface area (Å²) in [5.41, 5.74) is 0. The minimum atomic E-state index is 0.0576. The van der Waals surface area contributed by atoms with E-state index in [-0.39, 0.29) is 11.8 Å². The van der Waals surface area contributed by atoms with Gasteiger partial charge in [-0.3, -0.25) is 4.79 Å². The number of hydrogen-bond acceptors (Lipinski definition) is 4. The Labute approximate surface area is 107 Å². The van der Waals surface area contributed by atoms with Gasteiger partial charge < -0.3 is 5.32 Å². The van der Waals surface area contributed by atoms with E-state index in [0.717, 1.165) is 24.3 Å². The molecule has 0 aliphatic rings. The molecule has 0 radical (unpaired) electrons. The summed E-state index contributed by atoms with van der Waals surface area (Å²) >= 11 is 1.47. The van der Waals surface area contributed by atoms with E-state index < -0.39 is 0 Å². The predicted molar refractivity (Wildman–Crippen MR) is 71.2 cm³/mol. The maximum absolute atomic E-state index is 11.8. The third kappa shape index (κ3) is 4.42. The lowest BCUT2D eigenvalue weighted by molar-refractivity contribution is -0.120. The molecule has 4 nitrogen and oxygen atoms in total. The average molecular weight is 255 g/mol. The van der Waals surface area contributed by atoms with E-state index in [1.165, 1.54) is 11.3 Å². The predicted octanol–water partition coefficient (Wildman–Crippen LogP) is 3.11. The molecule has 1 aromatic heterocycles. The topological polar surface area (TPSA) is 54.9 Å². The Morgan fingerprint density at radius 2 is 1.94 bits per heavy atom. The molecule has 1 aromatic rings. The molecule has 0 saturated heterocycles. The van der Waals surface area contributed by atoms with Gasteiger partial charge >= 0.3 is 0 Å². The van der Waals surface area contributed by atoms with Crippen LogP contribution in [0.4, 0.5) is 5.13 Å². The lowest BCUT2D eigenvalue weighted by Gasteiger charge is -2.09. The Morgan fingerprint density at radius 1 is 1.29 bits per heavy atom. The molecule has 17 heavy (non-hydrogen) atoms. The summed E-state index contributed by atoms with van der Waals surface area (Å²) in [5.74, 6) is 0.695. The fourth-order valence-corrected chi connectivity index (χ4v) is 2.56. The van der Waals surface area contributed by atoms with Crippen LogP contribution >= 0.6 is 11.3 Å². The van der Waals surface area contributed by atoms with Crippen LogP contribution in [0.2, 0.25) is 0 Å². The summed E-state index contributed by atoms with van der Waals surface area (Å²) in [6.45, 7) is 8.34. The lowest BCUT2D eigenvalue weighted by Crippen LogP contribution is -2.21. The van der Waals surface area contributed by atoms with Crippen molar-refractivity contribution in [2.24, 2.45) is 11.8 Å². The molecular formula is C12H21N3OS. The van der Waals surface area contributed by atoms with Crippen molar-refractivity contribution < 1.29 is 4.79 Å².